The van der Waals surface area contributed by atoms with Gasteiger partial charge in [-0.05, 0) is 32.6 Å². The number of likely N-dealkylation sites (tertiary alicyclic amines) is 1. The van der Waals surface area contributed by atoms with E-state index in [4.69, 9.17) is 4.99 Å². The van der Waals surface area contributed by atoms with Crippen molar-refractivity contribution >= 4 is 23.2 Å². The topological polar surface area (TPSA) is 69.6 Å². The van der Waals surface area contributed by atoms with Gasteiger partial charge in [-0.3, -0.25) is 9.79 Å². The van der Waals surface area contributed by atoms with Gasteiger partial charge in [0, 0.05) is 49.9 Å². The number of thiazole rings is 1. The van der Waals surface area contributed by atoms with Crippen molar-refractivity contribution in [3.8, 4) is 0 Å². The van der Waals surface area contributed by atoms with Crippen LogP contribution >= 0.6 is 11.3 Å². The molecule has 1 saturated carbocycles. The first kappa shape index (κ1) is 20.1. The first-order valence-corrected chi connectivity index (χ1v) is 11.3. The highest BCUT2D eigenvalue weighted by Gasteiger charge is 2.32. The minimum atomic E-state index is 0.275. The van der Waals surface area contributed by atoms with Crippen LogP contribution < -0.4 is 10.6 Å². The molecule has 2 heterocycles. The zero-order valence-electron chi connectivity index (χ0n) is 16.7. The predicted molar refractivity (Wildman–Crippen MR) is 111 cm³/mol. The van der Waals surface area contributed by atoms with E-state index in [0.717, 1.165) is 69.9 Å². The lowest BCUT2D eigenvalue weighted by atomic mass is 10.1. The van der Waals surface area contributed by atoms with Gasteiger partial charge >= 0.3 is 0 Å². The summed E-state index contributed by atoms with van der Waals surface area (Å²) in [5.41, 5.74) is 1.13. The molecule has 0 aromatic carbocycles. The molecule has 1 amide bonds. The number of amides is 1. The van der Waals surface area contributed by atoms with Gasteiger partial charge in [0.25, 0.3) is 0 Å². The molecule has 1 aliphatic carbocycles. The Balaban J connectivity index is 1.47. The quantitative estimate of drug-likeness (QED) is 0.554. The summed E-state index contributed by atoms with van der Waals surface area (Å²) in [5.74, 6) is 1.49. The lowest BCUT2D eigenvalue weighted by Gasteiger charge is -2.21. The van der Waals surface area contributed by atoms with Gasteiger partial charge < -0.3 is 15.5 Å². The second kappa shape index (κ2) is 10.1. The average Bonchev–Trinajstić information content (AvgIpc) is 3.43. The lowest BCUT2D eigenvalue weighted by molar-refractivity contribution is -0.134. The number of rotatable bonds is 7. The summed E-state index contributed by atoms with van der Waals surface area (Å²) in [6.45, 7) is 7.43. The molecule has 1 saturated heterocycles. The van der Waals surface area contributed by atoms with Crippen molar-refractivity contribution in [2.45, 2.75) is 64.8 Å². The molecule has 1 unspecified atom stereocenters. The van der Waals surface area contributed by atoms with Crippen LogP contribution in [0.2, 0.25) is 0 Å². The van der Waals surface area contributed by atoms with Crippen LogP contribution in [0.1, 0.15) is 56.7 Å². The van der Waals surface area contributed by atoms with Crippen LogP contribution in [0.25, 0.3) is 0 Å². The summed E-state index contributed by atoms with van der Waals surface area (Å²) in [6.07, 6.45) is 7.43. The van der Waals surface area contributed by atoms with Crippen LogP contribution in [0.5, 0.6) is 0 Å². The fourth-order valence-electron chi connectivity index (χ4n) is 3.93. The summed E-state index contributed by atoms with van der Waals surface area (Å²) in [7, 11) is 0. The number of nitrogens with zero attached hydrogens (tertiary/aromatic N) is 3. The lowest BCUT2D eigenvalue weighted by Crippen LogP contribution is -2.45. The molecular weight excluding hydrogens is 358 g/mol. The maximum absolute atomic E-state index is 12.6. The van der Waals surface area contributed by atoms with E-state index in [1.54, 1.807) is 11.3 Å². The molecule has 1 atom stereocenters. The minimum Gasteiger partial charge on any atom is -0.357 e. The largest absolute Gasteiger partial charge is 0.357 e. The van der Waals surface area contributed by atoms with Gasteiger partial charge in [-0.2, -0.15) is 0 Å². The van der Waals surface area contributed by atoms with Crippen LogP contribution in [-0.4, -0.2) is 54.0 Å². The fourth-order valence-corrected chi connectivity index (χ4v) is 4.71. The highest BCUT2D eigenvalue weighted by atomic mass is 32.1. The van der Waals surface area contributed by atoms with Crippen molar-refractivity contribution in [3.63, 3.8) is 0 Å². The maximum Gasteiger partial charge on any atom is 0.225 e. The number of guanidine groups is 1. The molecule has 1 aromatic rings. The molecule has 6 nitrogen and oxygen atoms in total. The van der Waals surface area contributed by atoms with E-state index in [-0.39, 0.29) is 5.92 Å². The molecule has 0 bridgehead atoms. The van der Waals surface area contributed by atoms with Crippen molar-refractivity contribution in [1.29, 1.82) is 0 Å². The van der Waals surface area contributed by atoms with E-state index in [2.05, 4.69) is 39.7 Å². The number of aromatic nitrogens is 1. The molecule has 2 fully saturated rings. The number of carbonyl (C=O) groups excluding carboxylic acids is 1. The minimum absolute atomic E-state index is 0.275. The number of hydrogen-bond acceptors (Lipinski definition) is 4. The molecule has 0 radical (unpaired) electrons. The summed E-state index contributed by atoms with van der Waals surface area (Å²) in [5, 5.41) is 10.2. The Labute approximate surface area is 166 Å². The van der Waals surface area contributed by atoms with Gasteiger partial charge in [-0.15, -0.1) is 11.3 Å². The Hall–Kier alpha value is -1.63. The third-order valence-electron chi connectivity index (χ3n) is 5.43. The first-order valence-electron chi connectivity index (χ1n) is 10.5. The number of nitrogens with one attached hydrogen (secondary N) is 2. The van der Waals surface area contributed by atoms with Crippen LogP contribution in [-0.2, 0) is 17.6 Å². The van der Waals surface area contributed by atoms with Gasteiger partial charge in [0.2, 0.25) is 5.91 Å². The standard InChI is InChI=1S/C20H33N5OS/c1-3-18-23-17(14-27-18)9-11-22-20(21-4-2)24-16-10-12-25(13-16)19(26)15-7-5-6-8-15/h14-16H,3-13H2,1-2H3,(H2,21,22,24). The van der Waals surface area contributed by atoms with Crippen LogP contribution in [0, 0.1) is 5.92 Å². The third-order valence-corrected chi connectivity index (χ3v) is 6.47. The molecular formula is C20H33N5OS. The molecule has 2 N–H and O–H groups in total. The SMILES string of the molecule is CCNC(=NCCc1csc(CC)n1)NC1CCN(C(=O)C2CCCC2)C1. The second-order valence-electron chi connectivity index (χ2n) is 7.49. The number of carbonyl (C=O) groups is 1. The molecule has 0 spiro atoms. The monoisotopic (exact) mass is 391 g/mol. The van der Waals surface area contributed by atoms with E-state index in [1.165, 1.54) is 17.8 Å². The molecule has 1 aromatic heterocycles. The highest BCUT2D eigenvalue weighted by Crippen LogP contribution is 2.27. The van der Waals surface area contributed by atoms with Crippen molar-refractivity contribution in [1.82, 2.24) is 20.5 Å². The average molecular weight is 392 g/mol. The number of aliphatic imine (C=N–C) groups is 1. The first-order chi connectivity index (χ1) is 13.2. The van der Waals surface area contributed by atoms with Gasteiger partial charge in [0.15, 0.2) is 5.96 Å². The zero-order valence-corrected chi connectivity index (χ0v) is 17.5. The zero-order chi connectivity index (χ0) is 19.1. The van der Waals surface area contributed by atoms with Crippen LogP contribution in [0.4, 0.5) is 0 Å². The van der Waals surface area contributed by atoms with E-state index < -0.39 is 0 Å². The van der Waals surface area contributed by atoms with Crippen LogP contribution in [0.3, 0.4) is 0 Å². The molecule has 7 heteroatoms. The van der Waals surface area contributed by atoms with Crippen molar-refractivity contribution < 1.29 is 4.79 Å². The third kappa shape index (κ3) is 5.67. The molecule has 150 valence electrons. The fraction of sp³-hybridized carbons (Fsp3) is 0.750. The normalized spacial score (nSPS) is 21.0. The van der Waals surface area contributed by atoms with Gasteiger partial charge in [0.1, 0.15) is 0 Å². The number of aryl methyl sites for hydroxylation is 1. The summed E-state index contributed by atoms with van der Waals surface area (Å²) in [4.78, 5) is 24.0. The van der Waals surface area contributed by atoms with Crippen molar-refractivity contribution in [3.05, 3.63) is 16.1 Å². The van der Waals surface area contributed by atoms with Gasteiger partial charge in [0.05, 0.1) is 10.7 Å². The van der Waals surface area contributed by atoms with Gasteiger partial charge in [-0.1, -0.05) is 19.8 Å². The van der Waals surface area contributed by atoms with E-state index in [0.29, 0.717) is 11.9 Å². The van der Waals surface area contributed by atoms with Crippen molar-refractivity contribution in [2.75, 3.05) is 26.2 Å². The Kier molecular flexibility index (Phi) is 7.50. The molecule has 3 rings (SSSR count). The maximum atomic E-state index is 12.6. The Morgan fingerprint density at radius 3 is 2.85 bits per heavy atom. The summed E-state index contributed by atoms with van der Waals surface area (Å²) in [6, 6.07) is 0.291. The summed E-state index contributed by atoms with van der Waals surface area (Å²) >= 11 is 1.73. The Bertz CT molecular complexity index is 638. The highest BCUT2D eigenvalue weighted by molar-refractivity contribution is 7.09. The molecule has 2 aliphatic rings. The van der Waals surface area contributed by atoms with E-state index >= 15 is 0 Å². The van der Waals surface area contributed by atoms with Crippen molar-refractivity contribution in [2.24, 2.45) is 10.9 Å². The Morgan fingerprint density at radius 1 is 1.33 bits per heavy atom. The molecule has 1 aliphatic heterocycles. The predicted octanol–water partition coefficient (Wildman–Crippen LogP) is 2.59. The Morgan fingerprint density at radius 2 is 2.15 bits per heavy atom. The van der Waals surface area contributed by atoms with E-state index in [1.807, 2.05) is 0 Å². The second-order valence-corrected chi connectivity index (χ2v) is 8.44. The van der Waals surface area contributed by atoms with E-state index in [9.17, 15) is 4.79 Å². The molecule has 27 heavy (non-hydrogen) atoms. The number of hydrogen-bond donors (Lipinski definition) is 2. The van der Waals surface area contributed by atoms with Gasteiger partial charge in [-0.25, -0.2) is 4.98 Å². The summed E-state index contributed by atoms with van der Waals surface area (Å²) < 4.78 is 0. The smallest absolute Gasteiger partial charge is 0.225 e. The van der Waals surface area contributed by atoms with Crippen LogP contribution in [0.15, 0.2) is 10.4 Å².